The van der Waals surface area contributed by atoms with Crippen LogP contribution in [0.5, 0.6) is 11.5 Å². The van der Waals surface area contributed by atoms with Gasteiger partial charge in [-0.15, -0.1) is 0 Å². The van der Waals surface area contributed by atoms with Crippen LogP contribution in [-0.2, 0) is 10.0 Å². The van der Waals surface area contributed by atoms with Crippen molar-refractivity contribution in [1.29, 1.82) is 0 Å². The monoisotopic (exact) mass is 576 g/mol. The van der Waals surface area contributed by atoms with E-state index >= 15 is 0 Å². The summed E-state index contributed by atoms with van der Waals surface area (Å²) in [5, 5.41) is 9.63. The predicted octanol–water partition coefficient (Wildman–Crippen LogP) is 3.97. The molecule has 0 saturated heterocycles. The molecule has 168 valence electrons. The van der Waals surface area contributed by atoms with Gasteiger partial charge in [-0.2, -0.15) is 0 Å². The first kappa shape index (κ1) is 22.9. The first-order chi connectivity index (χ1) is 15.8. The third-order valence-corrected chi connectivity index (χ3v) is 7.27. The van der Waals surface area contributed by atoms with Crippen molar-refractivity contribution in [2.24, 2.45) is 0 Å². The van der Waals surface area contributed by atoms with Gasteiger partial charge in [0.25, 0.3) is 15.9 Å². The zero-order valence-electron chi connectivity index (χ0n) is 17.1. The average Bonchev–Trinajstić information content (AvgIpc) is 2.83. The number of nitrogens with one attached hydrogen (secondary N) is 1. The number of aromatic nitrogens is 2. The Kier molecular flexibility index (Phi) is 6.44. The van der Waals surface area contributed by atoms with Crippen molar-refractivity contribution < 1.29 is 23.2 Å². The fraction of sp³-hybridized carbons (Fsp3) is 0.0455. The van der Waals surface area contributed by atoms with Gasteiger partial charge in [0.2, 0.25) is 0 Å². The maximum absolute atomic E-state index is 13.5. The van der Waals surface area contributed by atoms with Gasteiger partial charge in [-0.3, -0.25) is 24.3 Å². The molecule has 2 aromatic carbocycles. The number of sulfonamides is 1. The van der Waals surface area contributed by atoms with E-state index in [4.69, 9.17) is 4.74 Å². The number of fused-ring (bicyclic) bond motifs is 1. The molecule has 0 aliphatic rings. The molecule has 0 aliphatic carbocycles. The van der Waals surface area contributed by atoms with Gasteiger partial charge in [0.15, 0.2) is 0 Å². The van der Waals surface area contributed by atoms with E-state index in [1.54, 1.807) is 42.1 Å². The summed E-state index contributed by atoms with van der Waals surface area (Å²) in [4.78, 5) is 20.4. The summed E-state index contributed by atoms with van der Waals surface area (Å²) in [7, 11) is -2.73. The van der Waals surface area contributed by atoms with E-state index in [9.17, 15) is 18.4 Å². The molecule has 33 heavy (non-hydrogen) atoms. The van der Waals surface area contributed by atoms with E-state index in [0.29, 0.717) is 22.4 Å². The number of rotatable bonds is 6. The lowest BCUT2D eigenvalue weighted by Gasteiger charge is -2.23. The van der Waals surface area contributed by atoms with Crippen molar-refractivity contribution >= 4 is 55.1 Å². The predicted molar refractivity (Wildman–Crippen MR) is 130 cm³/mol. The van der Waals surface area contributed by atoms with Gasteiger partial charge in [-0.05, 0) is 77.2 Å². The summed E-state index contributed by atoms with van der Waals surface area (Å²) in [5.74, 6) is 0.142. The van der Waals surface area contributed by atoms with Crippen molar-refractivity contribution in [1.82, 2.24) is 15.4 Å². The minimum atomic E-state index is -4.07. The molecule has 4 aromatic rings. The number of amides is 1. The highest BCUT2D eigenvalue weighted by Crippen LogP contribution is 2.34. The molecule has 0 aliphatic heterocycles. The second kappa shape index (κ2) is 9.29. The van der Waals surface area contributed by atoms with Crippen LogP contribution in [-0.4, -0.2) is 36.5 Å². The number of nitrogens with zero attached hydrogens (tertiary/aromatic N) is 3. The number of carbonyl (C=O) groups excluding carboxylic acids is 1. The molecular formula is C22H17IN4O5S. The van der Waals surface area contributed by atoms with E-state index in [-0.39, 0.29) is 16.1 Å². The van der Waals surface area contributed by atoms with Crippen LogP contribution in [0.1, 0.15) is 10.4 Å². The van der Waals surface area contributed by atoms with Crippen LogP contribution in [0.4, 0.5) is 5.69 Å². The molecule has 0 radical (unpaired) electrons. The van der Waals surface area contributed by atoms with Gasteiger partial charge < -0.3 is 4.74 Å². The van der Waals surface area contributed by atoms with E-state index in [1.807, 2.05) is 6.07 Å². The zero-order chi connectivity index (χ0) is 23.6. The summed E-state index contributed by atoms with van der Waals surface area (Å²) in [6.45, 7) is 0. The SMILES string of the molecule is CN(c1c(C(=O)NO)cnc2ccc(I)cc12)S(=O)(=O)c1ccc(Oc2ccncc2)cc1. The van der Waals surface area contributed by atoms with E-state index in [0.717, 1.165) is 7.88 Å². The summed E-state index contributed by atoms with van der Waals surface area (Å²) < 4.78 is 34.4. The van der Waals surface area contributed by atoms with Gasteiger partial charge in [0.1, 0.15) is 11.5 Å². The van der Waals surface area contributed by atoms with Gasteiger partial charge in [0, 0.05) is 34.6 Å². The number of hydroxylamine groups is 1. The van der Waals surface area contributed by atoms with Crippen LogP contribution in [0.25, 0.3) is 10.9 Å². The Morgan fingerprint density at radius 3 is 2.39 bits per heavy atom. The van der Waals surface area contributed by atoms with Gasteiger partial charge >= 0.3 is 0 Å². The number of hydrogen-bond acceptors (Lipinski definition) is 7. The maximum atomic E-state index is 13.5. The highest BCUT2D eigenvalue weighted by Gasteiger charge is 2.28. The lowest BCUT2D eigenvalue weighted by atomic mass is 10.1. The Hall–Kier alpha value is -3.29. The van der Waals surface area contributed by atoms with Crippen molar-refractivity contribution in [3.63, 3.8) is 0 Å². The number of carbonyl (C=O) groups is 1. The summed E-state index contributed by atoms with van der Waals surface area (Å²) >= 11 is 2.09. The van der Waals surface area contributed by atoms with Crippen LogP contribution < -0.4 is 14.5 Å². The number of hydrogen-bond donors (Lipinski definition) is 2. The van der Waals surface area contributed by atoms with Gasteiger partial charge in [-0.25, -0.2) is 13.9 Å². The second-order valence-corrected chi connectivity index (χ2v) is 10.1. The Labute approximate surface area is 203 Å². The Morgan fingerprint density at radius 2 is 1.73 bits per heavy atom. The lowest BCUT2D eigenvalue weighted by Crippen LogP contribution is -2.30. The van der Waals surface area contributed by atoms with E-state index in [2.05, 4.69) is 32.6 Å². The number of ether oxygens (including phenoxy) is 1. The standard InChI is InChI=1S/C22H17IN4O5S/c1-27(21-18-12-14(23)2-7-20(18)25-13-19(21)22(28)26-29)33(30,31)17-5-3-15(4-6-17)32-16-8-10-24-11-9-16/h2-13,29H,1H3,(H,26,28). The molecule has 0 unspecified atom stereocenters. The first-order valence-corrected chi connectivity index (χ1v) is 12.0. The zero-order valence-corrected chi connectivity index (χ0v) is 20.1. The van der Waals surface area contributed by atoms with Crippen molar-refractivity contribution in [3.8, 4) is 11.5 Å². The van der Waals surface area contributed by atoms with Crippen molar-refractivity contribution in [2.45, 2.75) is 4.90 Å². The summed E-state index contributed by atoms with van der Waals surface area (Å²) in [6.07, 6.45) is 4.40. The van der Waals surface area contributed by atoms with Gasteiger partial charge in [-0.1, -0.05) is 0 Å². The molecule has 1 amide bonds. The smallest absolute Gasteiger partial charge is 0.278 e. The minimum absolute atomic E-state index is 0.00183. The molecule has 4 rings (SSSR count). The number of halogens is 1. The topological polar surface area (TPSA) is 122 Å². The highest BCUT2D eigenvalue weighted by atomic mass is 127. The van der Waals surface area contributed by atoms with E-state index < -0.39 is 15.9 Å². The molecule has 0 bridgehead atoms. The van der Waals surface area contributed by atoms with Crippen LogP contribution in [0.2, 0.25) is 0 Å². The minimum Gasteiger partial charge on any atom is -0.457 e. The first-order valence-electron chi connectivity index (χ1n) is 9.51. The summed E-state index contributed by atoms with van der Waals surface area (Å²) in [6, 6.07) is 14.6. The largest absolute Gasteiger partial charge is 0.457 e. The van der Waals surface area contributed by atoms with Crippen molar-refractivity contribution in [3.05, 3.63) is 82.3 Å². The third-order valence-electron chi connectivity index (χ3n) is 4.83. The average molecular weight is 576 g/mol. The molecule has 0 saturated carbocycles. The van der Waals surface area contributed by atoms with Crippen LogP contribution in [0.15, 0.2) is 78.1 Å². The molecule has 11 heteroatoms. The lowest BCUT2D eigenvalue weighted by molar-refractivity contribution is 0.0707. The highest BCUT2D eigenvalue weighted by molar-refractivity contribution is 14.1. The quantitative estimate of drug-likeness (QED) is 0.202. The fourth-order valence-electron chi connectivity index (χ4n) is 3.22. The Morgan fingerprint density at radius 1 is 1.06 bits per heavy atom. The fourth-order valence-corrected chi connectivity index (χ4v) is 4.94. The molecule has 0 atom stereocenters. The molecule has 0 spiro atoms. The second-order valence-electron chi connectivity index (χ2n) is 6.85. The molecule has 2 heterocycles. The molecule has 2 aromatic heterocycles. The maximum Gasteiger partial charge on any atom is 0.278 e. The van der Waals surface area contributed by atoms with Crippen LogP contribution in [0.3, 0.4) is 0 Å². The van der Waals surface area contributed by atoms with Crippen molar-refractivity contribution in [2.75, 3.05) is 11.4 Å². The molecule has 0 fully saturated rings. The number of pyridine rings is 2. The summed E-state index contributed by atoms with van der Waals surface area (Å²) in [5.41, 5.74) is 2.07. The Balaban J connectivity index is 1.76. The third kappa shape index (κ3) is 4.60. The number of benzene rings is 2. The number of anilines is 1. The Bertz CT molecular complexity index is 1430. The molecule has 2 N–H and O–H groups in total. The molecule has 9 nitrogen and oxygen atoms in total. The van der Waals surface area contributed by atoms with E-state index in [1.165, 1.54) is 37.5 Å². The van der Waals surface area contributed by atoms with Crippen LogP contribution in [0, 0.1) is 3.57 Å². The normalized spacial score (nSPS) is 11.2. The van der Waals surface area contributed by atoms with Gasteiger partial charge in [0.05, 0.1) is 21.7 Å². The van der Waals surface area contributed by atoms with Crippen LogP contribution >= 0.6 is 22.6 Å². The molecular weight excluding hydrogens is 559 g/mol.